The fourth-order valence-electron chi connectivity index (χ4n) is 2.72. The minimum Gasteiger partial charge on any atom is -0.494 e. The van der Waals surface area contributed by atoms with E-state index in [9.17, 15) is 14.4 Å². The van der Waals surface area contributed by atoms with E-state index in [-0.39, 0.29) is 11.4 Å². The molecule has 5 nitrogen and oxygen atoms in total. The molecule has 0 fully saturated rings. The van der Waals surface area contributed by atoms with Crippen LogP contribution in [0.3, 0.4) is 0 Å². The van der Waals surface area contributed by atoms with Crippen LogP contribution in [0.2, 0.25) is 0 Å². The molecule has 6 heteroatoms. The molecule has 31 heavy (non-hydrogen) atoms. The quantitative estimate of drug-likeness (QED) is 0.397. The second-order valence-electron chi connectivity index (χ2n) is 6.57. The number of anilines is 1. The fourth-order valence-corrected chi connectivity index (χ4v) is 2.72. The number of nitrogens with one attached hydrogen (secondary N) is 1. The molecular weight excluding hydrogens is 395 g/mol. The summed E-state index contributed by atoms with van der Waals surface area (Å²) in [7, 11) is 0. The summed E-state index contributed by atoms with van der Waals surface area (Å²) in [5.74, 6) is 0.542. The minimum atomic E-state index is -0.497. The largest absolute Gasteiger partial charge is 0.494 e. The summed E-state index contributed by atoms with van der Waals surface area (Å²) in [5, 5.41) is 12.1. The predicted molar refractivity (Wildman–Crippen MR) is 117 cm³/mol. The third-order valence-corrected chi connectivity index (χ3v) is 4.30. The molecule has 0 bridgehead atoms. The molecule has 0 aliphatic rings. The molecule has 3 aromatic rings. The van der Waals surface area contributed by atoms with Crippen molar-refractivity contribution in [1.29, 1.82) is 5.26 Å². The van der Waals surface area contributed by atoms with Crippen molar-refractivity contribution in [3.8, 4) is 17.6 Å². The Morgan fingerprint density at radius 2 is 1.58 bits per heavy atom. The van der Waals surface area contributed by atoms with Crippen LogP contribution >= 0.6 is 0 Å². The molecule has 0 saturated carbocycles. The first-order chi connectivity index (χ1) is 15.1. The van der Waals surface area contributed by atoms with Crippen LogP contribution in [0.4, 0.5) is 10.1 Å². The van der Waals surface area contributed by atoms with Gasteiger partial charge >= 0.3 is 0 Å². The molecule has 3 rings (SSSR count). The van der Waals surface area contributed by atoms with E-state index in [1.807, 2.05) is 13.0 Å². The first kappa shape index (κ1) is 21.6. The maximum Gasteiger partial charge on any atom is 0.266 e. The van der Waals surface area contributed by atoms with Crippen molar-refractivity contribution in [2.45, 2.75) is 13.5 Å². The van der Waals surface area contributed by atoms with Crippen molar-refractivity contribution in [3.05, 3.63) is 95.3 Å². The zero-order valence-corrected chi connectivity index (χ0v) is 17.0. The Bertz CT molecular complexity index is 1080. The normalized spacial score (nSPS) is 10.8. The number of ether oxygens (including phenoxy) is 2. The molecule has 1 amide bonds. The first-order valence-corrected chi connectivity index (χ1v) is 9.70. The Balaban J connectivity index is 1.61. The zero-order valence-electron chi connectivity index (χ0n) is 17.0. The minimum absolute atomic E-state index is 0.0196. The van der Waals surface area contributed by atoms with Crippen LogP contribution < -0.4 is 14.8 Å². The molecule has 0 unspecified atom stereocenters. The second kappa shape index (κ2) is 10.6. The predicted octanol–water partition coefficient (Wildman–Crippen LogP) is 5.35. The van der Waals surface area contributed by atoms with Crippen LogP contribution in [-0.2, 0) is 11.4 Å². The molecule has 0 aliphatic heterocycles. The lowest BCUT2D eigenvalue weighted by Gasteiger charge is -2.07. The summed E-state index contributed by atoms with van der Waals surface area (Å²) < 4.78 is 24.0. The van der Waals surface area contributed by atoms with Gasteiger partial charge in [0.25, 0.3) is 5.91 Å². The van der Waals surface area contributed by atoms with Gasteiger partial charge in [-0.3, -0.25) is 4.79 Å². The van der Waals surface area contributed by atoms with Gasteiger partial charge in [-0.15, -0.1) is 0 Å². The van der Waals surface area contributed by atoms with Gasteiger partial charge in [0.2, 0.25) is 0 Å². The third kappa shape index (κ3) is 6.44. The molecule has 0 radical (unpaired) electrons. The fraction of sp³-hybridized carbons (Fsp3) is 0.120. The number of amides is 1. The number of benzene rings is 3. The number of nitriles is 1. The number of carbonyl (C=O) groups is 1. The number of carbonyl (C=O) groups excluding carboxylic acids is 1. The van der Waals surface area contributed by atoms with Crippen molar-refractivity contribution in [2.24, 2.45) is 0 Å². The van der Waals surface area contributed by atoms with E-state index in [2.05, 4.69) is 5.32 Å². The van der Waals surface area contributed by atoms with Crippen molar-refractivity contribution >= 4 is 17.7 Å². The Labute approximate surface area is 180 Å². The third-order valence-electron chi connectivity index (χ3n) is 4.30. The average Bonchev–Trinajstić information content (AvgIpc) is 2.79. The van der Waals surface area contributed by atoms with E-state index in [1.54, 1.807) is 60.7 Å². The summed E-state index contributed by atoms with van der Waals surface area (Å²) >= 11 is 0. The van der Waals surface area contributed by atoms with Gasteiger partial charge in [-0.1, -0.05) is 24.3 Å². The van der Waals surface area contributed by atoms with Gasteiger partial charge in [0.05, 0.1) is 6.61 Å². The molecule has 0 atom stereocenters. The van der Waals surface area contributed by atoms with E-state index in [0.29, 0.717) is 36.0 Å². The van der Waals surface area contributed by atoms with Gasteiger partial charge in [0, 0.05) is 5.69 Å². The van der Waals surface area contributed by atoms with Gasteiger partial charge < -0.3 is 14.8 Å². The standard InChI is InChI=1S/C25H21FN2O3/c1-2-30-23-13-9-22(10-14-23)28-25(29)20(16-27)15-18-5-11-24(12-6-18)31-17-19-3-7-21(26)8-4-19/h3-15H,2,17H2,1H3,(H,28,29)/b20-15-. The zero-order chi connectivity index (χ0) is 22.1. The number of nitrogens with zero attached hydrogens (tertiary/aromatic N) is 1. The second-order valence-corrected chi connectivity index (χ2v) is 6.57. The highest BCUT2D eigenvalue weighted by atomic mass is 19.1. The average molecular weight is 416 g/mol. The van der Waals surface area contributed by atoms with E-state index in [1.165, 1.54) is 18.2 Å². The number of halogens is 1. The monoisotopic (exact) mass is 416 g/mol. The Hall–Kier alpha value is -4.11. The van der Waals surface area contributed by atoms with Gasteiger partial charge in [-0.25, -0.2) is 4.39 Å². The molecule has 0 saturated heterocycles. The summed E-state index contributed by atoms with van der Waals surface area (Å²) in [6.07, 6.45) is 1.51. The van der Waals surface area contributed by atoms with Crippen LogP contribution in [0, 0.1) is 17.1 Å². The van der Waals surface area contributed by atoms with Gasteiger partial charge in [-0.05, 0) is 72.7 Å². The molecule has 0 heterocycles. The Morgan fingerprint density at radius 1 is 0.968 bits per heavy atom. The lowest BCUT2D eigenvalue weighted by atomic mass is 10.1. The molecule has 156 valence electrons. The van der Waals surface area contributed by atoms with Crippen LogP contribution in [0.5, 0.6) is 11.5 Å². The first-order valence-electron chi connectivity index (χ1n) is 9.70. The smallest absolute Gasteiger partial charge is 0.266 e. The highest BCUT2D eigenvalue weighted by Crippen LogP contribution is 2.19. The molecule has 0 aromatic heterocycles. The molecular formula is C25H21FN2O3. The van der Waals surface area contributed by atoms with Crippen molar-refractivity contribution in [3.63, 3.8) is 0 Å². The van der Waals surface area contributed by atoms with Crippen molar-refractivity contribution in [1.82, 2.24) is 0 Å². The van der Waals surface area contributed by atoms with E-state index in [4.69, 9.17) is 9.47 Å². The highest BCUT2D eigenvalue weighted by Gasteiger charge is 2.10. The number of hydrogen-bond donors (Lipinski definition) is 1. The number of hydrogen-bond acceptors (Lipinski definition) is 4. The van der Waals surface area contributed by atoms with Crippen LogP contribution in [0.25, 0.3) is 6.08 Å². The highest BCUT2D eigenvalue weighted by molar-refractivity contribution is 6.09. The molecule has 3 aromatic carbocycles. The maximum atomic E-state index is 12.9. The lowest BCUT2D eigenvalue weighted by Crippen LogP contribution is -2.13. The van der Waals surface area contributed by atoms with Crippen LogP contribution in [0.1, 0.15) is 18.1 Å². The Kier molecular flexibility index (Phi) is 7.39. The number of rotatable bonds is 8. The van der Waals surface area contributed by atoms with Gasteiger partial charge in [-0.2, -0.15) is 5.26 Å². The summed E-state index contributed by atoms with van der Waals surface area (Å²) in [4.78, 5) is 12.4. The maximum absolute atomic E-state index is 12.9. The van der Waals surface area contributed by atoms with E-state index in [0.717, 1.165) is 5.56 Å². The summed E-state index contributed by atoms with van der Waals surface area (Å²) in [6, 6.07) is 21.9. The molecule has 0 spiro atoms. The lowest BCUT2D eigenvalue weighted by molar-refractivity contribution is -0.112. The van der Waals surface area contributed by atoms with Crippen molar-refractivity contribution in [2.75, 3.05) is 11.9 Å². The summed E-state index contributed by atoms with van der Waals surface area (Å²) in [6.45, 7) is 2.76. The van der Waals surface area contributed by atoms with E-state index >= 15 is 0 Å². The van der Waals surface area contributed by atoms with Crippen molar-refractivity contribution < 1.29 is 18.7 Å². The topological polar surface area (TPSA) is 71.3 Å². The SMILES string of the molecule is CCOc1ccc(NC(=O)/C(C#N)=C\c2ccc(OCc3ccc(F)cc3)cc2)cc1. The van der Waals surface area contributed by atoms with Crippen LogP contribution in [-0.4, -0.2) is 12.5 Å². The van der Waals surface area contributed by atoms with E-state index < -0.39 is 5.91 Å². The summed E-state index contributed by atoms with van der Waals surface area (Å²) in [5.41, 5.74) is 2.09. The van der Waals surface area contributed by atoms with Gasteiger partial charge in [0.1, 0.15) is 35.6 Å². The molecule has 0 aliphatic carbocycles. The van der Waals surface area contributed by atoms with Gasteiger partial charge in [0.15, 0.2) is 0 Å². The van der Waals surface area contributed by atoms with Crippen LogP contribution in [0.15, 0.2) is 78.4 Å². The Morgan fingerprint density at radius 3 is 2.19 bits per heavy atom. The molecule has 1 N–H and O–H groups in total.